The maximum absolute atomic E-state index is 12.7. The Labute approximate surface area is 165 Å². The molecule has 1 aromatic rings. The first-order valence-corrected chi connectivity index (χ1v) is 8.15. The third-order valence-corrected chi connectivity index (χ3v) is 3.97. The summed E-state index contributed by atoms with van der Waals surface area (Å²) in [5, 5.41) is 5.77. The highest BCUT2D eigenvalue weighted by atomic mass is 35.5. The van der Waals surface area contributed by atoms with Gasteiger partial charge in [-0.1, -0.05) is 26.0 Å². The van der Waals surface area contributed by atoms with Gasteiger partial charge in [-0.05, 0) is 37.8 Å². The van der Waals surface area contributed by atoms with Crippen molar-refractivity contribution in [1.29, 1.82) is 0 Å². The van der Waals surface area contributed by atoms with E-state index in [0.29, 0.717) is 19.5 Å². The highest BCUT2D eigenvalue weighted by Gasteiger charge is 2.30. The monoisotopic (exact) mass is 417 g/mol. The first kappa shape index (κ1) is 27.2. The molecule has 0 heterocycles. The van der Waals surface area contributed by atoms with Crippen molar-refractivity contribution in [3.63, 3.8) is 0 Å². The number of halogens is 5. The van der Waals surface area contributed by atoms with E-state index in [4.69, 9.17) is 0 Å². The maximum atomic E-state index is 12.7. The van der Waals surface area contributed by atoms with Crippen molar-refractivity contribution in [3.8, 4) is 0 Å². The van der Waals surface area contributed by atoms with Crippen molar-refractivity contribution in [1.82, 2.24) is 15.5 Å². The van der Waals surface area contributed by atoms with Crippen LogP contribution in [0.3, 0.4) is 0 Å². The smallest absolute Gasteiger partial charge is 0.354 e. The molecule has 0 saturated carbocycles. The van der Waals surface area contributed by atoms with Crippen LogP contribution in [0.5, 0.6) is 0 Å². The highest BCUT2D eigenvalue weighted by Crippen LogP contribution is 2.30. The number of hydrogen-bond acceptors (Lipinski definition) is 3. The number of likely N-dealkylation sites (N-methyl/N-ethyl adjacent to an activating group) is 1. The van der Waals surface area contributed by atoms with Gasteiger partial charge < -0.3 is 10.6 Å². The quantitative estimate of drug-likeness (QED) is 0.644. The molecular weight excluding hydrogens is 390 g/mol. The van der Waals surface area contributed by atoms with E-state index in [9.17, 15) is 18.0 Å². The number of hydrogen-bond donors (Lipinski definition) is 2. The molecule has 0 spiro atoms. The van der Waals surface area contributed by atoms with Crippen LogP contribution in [-0.4, -0.2) is 44.0 Å². The molecule has 26 heavy (non-hydrogen) atoms. The van der Waals surface area contributed by atoms with E-state index in [1.165, 1.54) is 12.1 Å². The van der Waals surface area contributed by atoms with Crippen LogP contribution in [0.1, 0.15) is 37.4 Å². The van der Waals surface area contributed by atoms with Crippen LogP contribution in [0.15, 0.2) is 24.3 Å². The second kappa shape index (κ2) is 13.2. The Kier molecular flexibility index (Phi) is 13.8. The van der Waals surface area contributed by atoms with Crippen LogP contribution in [0.4, 0.5) is 13.2 Å². The van der Waals surface area contributed by atoms with Crippen molar-refractivity contribution < 1.29 is 18.0 Å². The Balaban J connectivity index is 0. The lowest BCUT2D eigenvalue weighted by molar-refractivity contribution is -0.137. The summed E-state index contributed by atoms with van der Waals surface area (Å²) in [5.41, 5.74) is 0.100. The topological polar surface area (TPSA) is 44.4 Å². The lowest BCUT2D eigenvalue weighted by Gasteiger charge is -2.30. The van der Waals surface area contributed by atoms with Crippen molar-refractivity contribution in [2.45, 2.75) is 32.5 Å². The summed E-state index contributed by atoms with van der Waals surface area (Å²) < 4.78 is 38.1. The number of rotatable bonds is 9. The van der Waals surface area contributed by atoms with Gasteiger partial charge >= 0.3 is 6.18 Å². The summed E-state index contributed by atoms with van der Waals surface area (Å²) in [4.78, 5) is 13.9. The molecule has 0 saturated heterocycles. The zero-order valence-corrected chi connectivity index (χ0v) is 16.9. The van der Waals surface area contributed by atoms with Crippen molar-refractivity contribution in [2.24, 2.45) is 0 Å². The number of alkyl halides is 3. The minimum atomic E-state index is -4.34. The van der Waals surface area contributed by atoms with Gasteiger partial charge in [-0.3, -0.25) is 9.69 Å². The molecule has 0 bridgehead atoms. The van der Waals surface area contributed by atoms with Gasteiger partial charge in [0.05, 0.1) is 11.6 Å². The van der Waals surface area contributed by atoms with E-state index in [-0.39, 0.29) is 36.8 Å². The minimum Gasteiger partial charge on any atom is -0.354 e. The molecular formula is C17H28Cl2F3N3O. The molecule has 0 aromatic heterocycles. The summed E-state index contributed by atoms with van der Waals surface area (Å²) in [7, 11) is 1.77. The Hall–Kier alpha value is -1.02. The summed E-state index contributed by atoms with van der Waals surface area (Å²) in [6.07, 6.45) is -3.97. The lowest BCUT2D eigenvalue weighted by Crippen LogP contribution is -2.38. The lowest BCUT2D eigenvalue weighted by atomic mass is 10.0. The van der Waals surface area contributed by atoms with Crippen molar-refractivity contribution in [2.75, 3.05) is 33.2 Å². The Morgan fingerprint density at radius 2 is 1.65 bits per heavy atom. The fourth-order valence-electron chi connectivity index (χ4n) is 2.55. The average molecular weight is 418 g/mol. The molecule has 0 aliphatic heterocycles. The molecule has 0 fully saturated rings. The summed E-state index contributed by atoms with van der Waals surface area (Å²) in [6.45, 7) is 6.42. The van der Waals surface area contributed by atoms with E-state index in [0.717, 1.165) is 30.8 Å². The average Bonchev–Trinajstić information content (AvgIpc) is 2.56. The van der Waals surface area contributed by atoms with Crippen LogP contribution in [0, 0.1) is 0 Å². The molecule has 1 atom stereocenters. The second-order valence-corrected chi connectivity index (χ2v) is 5.51. The Bertz CT molecular complexity index is 509. The number of carbonyl (C=O) groups excluding carboxylic acids is 1. The van der Waals surface area contributed by atoms with Gasteiger partial charge in [-0.15, -0.1) is 24.8 Å². The molecule has 0 radical (unpaired) electrons. The third-order valence-electron chi connectivity index (χ3n) is 3.97. The zero-order chi connectivity index (χ0) is 18.2. The van der Waals surface area contributed by atoms with Crippen LogP contribution in [-0.2, 0) is 11.0 Å². The van der Waals surface area contributed by atoms with E-state index in [1.54, 1.807) is 7.05 Å². The van der Waals surface area contributed by atoms with Gasteiger partial charge in [0.2, 0.25) is 5.91 Å². The van der Waals surface area contributed by atoms with E-state index < -0.39 is 11.7 Å². The standard InChI is InChI=1S/C17H26F3N3O.2ClH/c1-4-23(5-2)15(12-22-16(24)10-11-21-3)13-6-8-14(9-7-13)17(18,19)20;;/h6-9,15,21H,4-5,10-12H2,1-3H3,(H,22,24);2*1H. The van der Waals surface area contributed by atoms with Crippen LogP contribution < -0.4 is 10.6 Å². The number of nitrogens with zero attached hydrogens (tertiary/aromatic N) is 1. The van der Waals surface area contributed by atoms with Gasteiger partial charge in [0.15, 0.2) is 0 Å². The normalized spacial score (nSPS) is 12.1. The van der Waals surface area contributed by atoms with Gasteiger partial charge in [0, 0.05) is 19.5 Å². The molecule has 1 aromatic carbocycles. The second-order valence-electron chi connectivity index (χ2n) is 5.51. The molecule has 1 rings (SSSR count). The molecule has 0 aliphatic rings. The van der Waals surface area contributed by atoms with Crippen LogP contribution in [0.25, 0.3) is 0 Å². The predicted octanol–water partition coefficient (Wildman–Crippen LogP) is 3.66. The van der Waals surface area contributed by atoms with Crippen molar-refractivity contribution >= 4 is 30.7 Å². The molecule has 1 amide bonds. The summed E-state index contributed by atoms with van der Waals surface area (Å²) in [6, 6.07) is 5.02. The van der Waals surface area contributed by atoms with Crippen molar-refractivity contribution in [3.05, 3.63) is 35.4 Å². The highest BCUT2D eigenvalue weighted by molar-refractivity contribution is 5.85. The molecule has 1 unspecified atom stereocenters. The SMILES string of the molecule is CCN(CC)C(CNC(=O)CCNC)c1ccc(C(F)(F)F)cc1.Cl.Cl. The molecule has 9 heteroatoms. The maximum Gasteiger partial charge on any atom is 0.416 e. The van der Waals surface area contributed by atoms with Crippen LogP contribution in [0.2, 0.25) is 0 Å². The van der Waals surface area contributed by atoms with Gasteiger partial charge in [-0.25, -0.2) is 0 Å². The number of nitrogens with one attached hydrogen (secondary N) is 2. The fourth-order valence-corrected chi connectivity index (χ4v) is 2.55. The predicted molar refractivity (Wildman–Crippen MR) is 103 cm³/mol. The van der Waals surface area contributed by atoms with Gasteiger partial charge in [0.25, 0.3) is 0 Å². The Morgan fingerprint density at radius 1 is 1.12 bits per heavy atom. The van der Waals surface area contributed by atoms with Crippen LogP contribution >= 0.6 is 24.8 Å². The molecule has 0 aliphatic carbocycles. The molecule has 152 valence electrons. The van der Waals surface area contributed by atoms with Gasteiger partial charge in [-0.2, -0.15) is 13.2 Å². The third kappa shape index (κ3) is 8.58. The van der Waals surface area contributed by atoms with Gasteiger partial charge in [0.1, 0.15) is 0 Å². The first-order valence-electron chi connectivity index (χ1n) is 8.15. The minimum absolute atomic E-state index is 0. The van der Waals surface area contributed by atoms with E-state index >= 15 is 0 Å². The largest absolute Gasteiger partial charge is 0.416 e. The molecule has 4 nitrogen and oxygen atoms in total. The summed E-state index contributed by atoms with van der Waals surface area (Å²) >= 11 is 0. The van der Waals surface area contributed by atoms with E-state index in [2.05, 4.69) is 15.5 Å². The molecule has 2 N–H and O–H groups in total. The number of benzene rings is 1. The first-order chi connectivity index (χ1) is 11.3. The Morgan fingerprint density at radius 3 is 2.08 bits per heavy atom. The fraction of sp³-hybridized carbons (Fsp3) is 0.588. The van der Waals surface area contributed by atoms with E-state index in [1.807, 2.05) is 13.8 Å². The summed E-state index contributed by atoms with van der Waals surface area (Å²) in [5.74, 6) is -0.0755. The zero-order valence-electron chi connectivity index (χ0n) is 15.2. The number of amides is 1. The number of carbonyl (C=O) groups is 1.